The van der Waals surface area contributed by atoms with Crippen LogP contribution in [0.4, 0.5) is 0 Å². The molecule has 0 radical (unpaired) electrons. The molecule has 6 nitrogen and oxygen atoms in total. The third kappa shape index (κ3) is 8.56. The molecule has 0 aromatic heterocycles. The fourth-order valence-corrected chi connectivity index (χ4v) is 2.53. The largest absolute Gasteiger partial charge is 0.385 e. The second-order valence-electron chi connectivity index (χ2n) is 5.94. The van der Waals surface area contributed by atoms with Gasteiger partial charge in [-0.05, 0) is 32.9 Å². The van der Waals surface area contributed by atoms with Crippen molar-refractivity contribution in [3.63, 3.8) is 0 Å². The zero-order valence-corrected chi connectivity index (χ0v) is 14.9. The van der Waals surface area contributed by atoms with Crippen LogP contribution in [-0.4, -0.2) is 88.9 Å². The summed E-state index contributed by atoms with van der Waals surface area (Å²) < 4.78 is 5.07. The Morgan fingerprint density at radius 1 is 1.18 bits per heavy atom. The molecule has 130 valence electrons. The number of ether oxygens (including phenoxy) is 1. The average molecular weight is 313 g/mol. The van der Waals surface area contributed by atoms with Gasteiger partial charge in [0.2, 0.25) is 0 Å². The average Bonchev–Trinajstić information content (AvgIpc) is 3.34. The van der Waals surface area contributed by atoms with Gasteiger partial charge in [0.15, 0.2) is 5.96 Å². The maximum atomic E-state index is 5.07. The van der Waals surface area contributed by atoms with E-state index in [4.69, 9.17) is 4.74 Å². The molecule has 1 fully saturated rings. The zero-order valence-electron chi connectivity index (χ0n) is 14.9. The summed E-state index contributed by atoms with van der Waals surface area (Å²) in [4.78, 5) is 9.14. The quantitative estimate of drug-likeness (QED) is 0.314. The van der Waals surface area contributed by atoms with Crippen LogP contribution in [0.25, 0.3) is 0 Å². The van der Waals surface area contributed by atoms with Crippen LogP contribution >= 0.6 is 0 Å². The number of nitrogens with zero attached hydrogens (tertiary/aromatic N) is 3. The van der Waals surface area contributed by atoms with Crippen molar-refractivity contribution >= 4 is 5.96 Å². The minimum absolute atomic E-state index is 0.829. The van der Waals surface area contributed by atoms with Crippen molar-refractivity contribution in [3.05, 3.63) is 0 Å². The molecule has 1 saturated carbocycles. The Kier molecular flexibility index (Phi) is 10.2. The van der Waals surface area contributed by atoms with Gasteiger partial charge in [-0.2, -0.15) is 0 Å². The van der Waals surface area contributed by atoms with Gasteiger partial charge >= 0.3 is 0 Å². The van der Waals surface area contributed by atoms with Crippen LogP contribution < -0.4 is 10.6 Å². The van der Waals surface area contributed by atoms with E-state index in [1.807, 2.05) is 7.05 Å². The summed E-state index contributed by atoms with van der Waals surface area (Å²) in [5, 5.41) is 6.78. The summed E-state index contributed by atoms with van der Waals surface area (Å²) in [5.74, 6) is 0.900. The van der Waals surface area contributed by atoms with Crippen LogP contribution in [0.2, 0.25) is 0 Å². The number of nitrogens with one attached hydrogen (secondary N) is 2. The highest BCUT2D eigenvalue weighted by Gasteiger charge is 2.27. The molecule has 1 aliphatic carbocycles. The molecule has 1 aliphatic rings. The molecule has 0 spiro atoms. The highest BCUT2D eigenvalue weighted by molar-refractivity contribution is 5.79. The minimum atomic E-state index is 0.829. The Morgan fingerprint density at radius 3 is 2.41 bits per heavy atom. The highest BCUT2D eigenvalue weighted by Crippen LogP contribution is 2.25. The highest BCUT2D eigenvalue weighted by atomic mass is 16.5. The lowest BCUT2D eigenvalue weighted by molar-refractivity contribution is 0.180. The number of likely N-dealkylation sites (N-methyl/N-ethyl adjacent to an activating group) is 2. The van der Waals surface area contributed by atoms with Crippen molar-refractivity contribution in [3.8, 4) is 0 Å². The molecule has 0 aromatic carbocycles. The van der Waals surface area contributed by atoms with Gasteiger partial charge in [-0.15, -0.1) is 0 Å². The van der Waals surface area contributed by atoms with E-state index < -0.39 is 0 Å². The molecular weight excluding hydrogens is 278 g/mol. The molecule has 22 heavy (non-hydrogen) atoms. The third-order valence-electron chi connectivity index (χ3n) is 4.06. The maximum absolute atomic E-state index is 5.07. The molecule has 0 aliphatic heterocycles. The third-order valence-corrected chi connectivity index (χ3v) is 4.06. The van der Waals surface area contributed by atoms with Gasteiger partial charge in [0, 0.05) is 59.5 Å². The SMILES string of the molecule is CCN(CCNC(=NC)NCCN(C)CCCOC)C1CC1. The van der Waals surface area contributed by atoms with E-state index in [0.717, 1.165) is 64.3 Å². The Morgan fingerprint density at radius 2 is 1.86 bits per heavy atom. The van der Waals surface area contributed by atoms with E-state index in [2.05, 4.69) is 39.4 Å². The molecule has 2 N–H and O–H groups in total. The lowest BCUT2D eigenvalue weighted by Crippen LogP contribution is -2.44. The molecule has 0 saturated heterocycles. The van der Waals surface area contributed by atoms with Crippen molar-refractivity contribution in [2.75, 3.05) is 67.1 Å². The van der Waals surface area contributed by atoms with E-state index in [0.29, 0.717) is 0 Å². The Labute approximate surface area is 136 Å². The molecule has 0 aromatic rings. The molecule has 1 rings (SSSR count). The maximum Gasteiger partial charge on any atom is 0.191 e. The molecule has 0 amide bonds. The van der Waals surface area contributed by atoms with Crippen LogP contribution in [0.3, 0.4) is 0 Å². The molecule has 0 heterocycles. The van der Waals surface area contributed by atoms with Gasteiger partial charge < -0.3 is 20.3 Å². The lowest BCUT2D eigenvalue weighted by Gasteiger charge is -2.21. The summed E-state index contributed by atoms with van der Waals surface area (Å²) in [5.41, 5.74) is 0. The first-order valence-electron chi connectivity index (χ1n) is 8.57. The van der Waals surface area contributed by atoms with Crippen LogP contribution in [0.1, 0.15) is 26.2 Å². The van der Waals surface area contributed by atoms with E-state index in [9.17, 15) is 0 Å². The second kappa shape index (κ2) is 11.7. The molecule has 0 unspecified atom stereocenters. The van der Waals surface area contributed by atoms with Crippen molar-refractivity contribution < 1.29 is 4.74 Å². The molecule has 0 atom stereocenters. The van der Waals surface area contributed by atoms with Gasteiger partial charge in [0.1, 0.15) is 0 Å². The van der Waals surface area contributed by atoms with Gasteiger partial charge in [0.25, 0.3) is 0 Å². The Hall–Kier alpha value is -0.850. The number of aliphatic imine (C=N–C) groups is 1. The first kappa shape index (κ1) is 19.2. The predicted octanol–water partition coefficient (Wildman–Crippen LogP) is 0.604. The van der Waals surface area contributed by atoms with Crippen LogP contribution in [0.15, 0.2) is 4.99 Å². The van der Waals surface area contributed by atoms with E-state index in [1.165, 1.54) is 12.8 Å². The van der Waals surface area contributed by atoms with Crippen LogP contribution in [-0.2, 0) is 4.74 Å². The van der Waals surface area contributed by atoms with Crippen molar-refractivity contribution in [1.29, 1.82) is 0 Å². The fourth-order valence-electron chi connectivity index (χ4n) is 2.53. The molecule has 0 bridgehead atoms. The number of rotatable bonds is 12. The van der Waals surface area contributed by atoms with Gasteiger partial charge in [0.05, 0.1) is 0 Å². The number of guanidine groups is 1. The monoisotopic (exact) mass is 313 g/mol. The number of methoxy groups -OCH3 is 1. The molecular formula is C16H35N5O. The van der Waals surface area contributed by atoms with Crippen LogP contribution in [0.5, 0.6) is 0 Å². The van der Waals surface area contributed by atoms with E-state index in [-0.39, 0.29) is 0 Å². The van der Waals surface area contributed by atoms with Gasteiger partial charge in [-0.3, -0.25) is 9.89 Å². The summed E-state index contributed by atoms with van der Waals surface area (Å²) >= 11 is 0. The summed E-state index contributed by atoms with van der Waals surface area (Å²) in [6, 6.07) is 0.836. The Balaban J connectivity index is 2.06. The summed E-state index contributed by atoms with van der Waals surface area (Å²) in [7, 11) is 5.72. The van der Waals surface area contributed by atoms with Gasteiger partial charge in [-0.25, -0.2) is 0 Å². The number of hydrogen-bond donors (Lipinski definition) is 2. The molecule has 6 heteroatoms. The van der Waals surface area contributed by atoms with Crippen LogP contribution in [0, 0.1) is 0 Å². The smallest absolute Gasteiger partial charge is 0.191 e. The standard InChI is InChI=1S/C16H35N5O/c1-5-21(15-7-8-15)13-10-19-16(17-2)18-9-12-20(3)11-6-14-22-4/h15H,5-14H2,1-4H3,(H2,17,18,19). The first-order chi connectivity index (χ1) is 10.7. The van der Waals surface area contributed by atoms with Gasteiger partial charge in [-0.1, -0.05) is 6.92 Å². The number of hydrogen-bond acceptors (Lipinski definition) is 4. The zero-order chi connectivity index (χ0) is 16.2. The summed E-state index contributed by atoms with van der Waals surface area (Å²) in [6.45, 7) is 9.24. The Bertz CT molecular complexity index is 307. The first-order valence-corrected chi connectivity index (χ1v) is 8.57. The van der Waals surface area contributed by atoms with E-state index in [1.54, 1.807) is 7.11 Å². The van der Waals surface area contributed by atoms with E-state index >= 15 is 0 Å². The van der Waals surface area contributed by atoms with Crippen molar-refractivity contribution in [2.45, 2.75) is 32.2 Å². The fraction of sp³-hybridized carbons (Fsp3) is 0.938. The lowest BCUT2D eigenvalue weighted by atomic mass is 10.4. The minimum Gasteiger partial charge on any atom is -0.385 e. The summed E-state index contributed by atoms with van der Waals surface area (Å²) in [6.07, 6.45) is 3.82. The topological polar surface area (TPSA) is 52.1 Å². The normalized spacial score (nSPS) is 15.6. The van der Waals surface area contributed by atoms with Crippen molar-refractivity contribution in [2.24, 2.45) is 4.99 Å². The predicted molar refractivity (Wildman–Crippen MR) is 93.6 cm³/mol. The van der Waals surface area contributed by atoms with Crippen molar-refractivity contribution in [1.82, 2.24) is 20.4 Å². The second-order valence-corrected chi connectivity index (χ2v) is 5.94.